The zero-order valence-electron chi connectivity index (χ0n) is 19.9. The number of nitrogens with one attached hydrogen (secondary N) is 1. The van der Waals surface area contributed by atoms with Gasteiger partial charge in [0.25, 0.3) is 0 Å². The summed E-state index contributed by atoms with van der Waals surface area (Å²) in [6.07, 6.45) is 0. The molecule has 0 aliphatic heterocycles. The maximum Gasteiger partial charge on any atom is 0.0467 e. The number of fused-ring (bicyclic) bond motifs is 1. The van der Waals surface area contributed by atoms with Crippen molar-refractivity contribution >= 4 is 39.2 Å². The van der Waals surface area contributed by atoms with Crippen LogP contribution in [0.25, 0.3) is 21.9 Å². The molecule has 1 N–H and O–H groups in total. The van der Waals surface area contributed by atoms with Crippen molar-refractivity contribution in [2.75, 3.05) is 10.2 Å². The SMILES string of the molecule is c1ccc(-c2cccc(N(c3ccccc3)c3ccc(Nc4cccc5ccccc45)cc3)c2)cc1. The minimum absolute atomic E-state index is 1.06. The fraction of sp³-hybridized carbons (Fsp3) is 0. The second kappa shape index (κ2) is 9.81. The number of benzene rings is 6. The monoisotopic (exact) mass is 462 g/mol. The van der Waals surface area contributed by atoms with Gasteiger partial charge >= 0.3 is 0 Å². The van der Waals surface area contributed by atoms with Crippen LogP contribution in [0.1, 0.15) is 0 Å². The Hall–Kier alpha value is -4.82. The lowest BCUT2D eigenvalue weighted by atomic mass is 10.0. The molecule has 0 saturated heterocycles. The molecule has 0 spiro atoms. The molecular weight excluding hydrogens is 436 g/mol. The molecule has 2 nitrogen and oxygen atoms in total. The van der Waals surface area contributed by atoms with Crippen LogP contribution in [-0.4, -0.2) is 0 Å². The Kier molecular flexibility index (Phi) is 5.91. The summed E-state index contributed by atoms with van der Waals surface area (Å²) in [5, 5.41) is 6.05. The predicted molar refractivity (Wildman–Crippen MR) is 154 cm³/mol. The van der Waals surface area contributed by atoms with E-state index in [1.54, 1.807) is 0 Å². The van der Waals surface area contributed by atoms with Crippen LogP contribution >= 0.6 is 0 Å². The molecule has 0 aliphatic carbocycles. The molecule has 36 heavy (non-hydrogen) atoms. The minimum Gasteiger partial charge on any atom is -0.355 e. The fourth-order valence-corrected chi connectivity index (χ4v) is 4.66. The van der Waals surface area contributed by atoms with Crippen LogP contribution < -0.4 is 10.2 Å². The summed E-state index contributed by atoms with van der Waals surface area (Å²) in [4.78, 5) is 2.30. The standard InChI is InChI=1S/C34H26N2/c1-3-11-26(12-4-1)28-15-9-18-32(25-28)36(30-16-5-2-6-17-30)31-23-21-29(22-24-31)35-34-20-10-14-27-13-7-8-19-33(27)34/h1-25,35H. The average molecular weight is 463 g/mol. The molecule has 0 aromatic heterocycles. The van der Waals surface area contributed by atoms with Gasteiger partial charge in [0.2, 0.25) is 0 Å². The molecule has 172 valence electrons. The topological polar surface area (TPSA) is 15.3 Å². The molecule has 6 rings (SSSR count). The van der Waals surface area contributed by atoms with Crippen molar-refractivity contribution in [3.8, 4) is 11.1 Å². The number of rotatable bonds is 6. The van der Waals surface area contributed by atoms with E-state index in [2.05, 4.69) is 162 Å². The van der Waals surface area contributed by atoms with Gasteiger partial charge in [-0.2, -0.15) is 0 Å². The number of hydrogen-bond donors (Lipinski definition) is 1. The van der Waals surface area contributed by atoms with E-state index >= 15 is 0 Å². The molecule has 0 heterocycles. The molecule has 0 bridgehead atoms. The summed E-state index contributed by atoms with van der Waals surface area (Å²) in [7, 11) is 0. The van der Waals surface area contributed by atoms with Crippen LogP contribution in [0.3, 0.4) is 0 Å². The van der Waals surface area contributed by atoms with E-state index in [4.69, 9.17) is 0 Å². The molecule has 0 atom stereocenters. The van der Waals surface area contributed by atoms with Crippen molar-refractivity contribution < 1.29 is 0 Å². The molecule has 2 heteroatoms. The minimum atomic E-state index is 1.06. The number of nitrogens with zero attached hydrogens (tertiary/aromatic N) is 1. The van der Waals surface area contributed by atoms with Crippen molar-refractivity contribution in [3.05, 3.63) is 152 Å². The van der Waals surface area contributed by atoms with Gasteiger partial charge in [0.1, 0.15) is 0 Å². The van der Waals surface area contributed by atoms with Crippen LogP contribution in [0.4, 0.5) is 28.4 Å². The highest BCUT2D eigenvalue weighted by atomic mass is 15.1. The largest absolute Gasteiger partial charge is 0.355 e. The van der Waals surface area contributed by atoms with E-state index in [0.717, 1.165) is 28.4 Å². The van der Waals surface area contributed by atoms with Crippen LogP contribution in [0.15, 0.2) is 152 Å². The zero-order valence-corrected chi connectivity index (χ0v) is 19.9. The van der Waals surface area contributed by atoms with Gasteiger partial charge in [0, 0.05) is 33.8 Å². The smallest absolute Gasteiger partial charge is 0.0467 e. The lowest BCUT2D eigenvalue weighted by molar-refractivity contribution is 1.28. The third kappa shape index (κ3) is 4.45. The maximum absolute atomic E-state index is 3.60. The Morgan fingerprint density at radius 1 is 0.417 bits per heavy atom. The zero-order chi connectivity index (χ0) is 24.2. The number of para-hydroxylation sites is 1. The molecule has 6 aromatic carbocycles. The fourth-order valence-electron chi connectivity index (χ4n) is 4.66. The summed E-state index contributed by atoms with van der Waals surface area (Å²) in [5.41, 5.74) is 7.92. The highest BCUT2D eigenvalue weighted by Gasteiger charge is 2.13. The number of anilines is 5. The van der Waals surface area contributed by atoms with Crippen LogP contribution in [0.5, 0.6) is 0 Å². The lowest BCUT2D eigenvalue weighted by Crippen LogP contribution is -2.09. The van der Waals surface area contributed by atoms with Gasteiger partial charge in [0.15, 0.2) is 0 Å². The van der Waals surface area contributed by atoms with Gasteiger partial charge in [-0.05, 0) is 71.1 Å². The van der Waals surface area contributed by atoms with Gasteiger partial charge in [0.05, 0.1) is 0 Å². The predicted octanol–water partition coefficient (Wildman–Crippen LogP) is 9.72. The van der Waals surface area contributed by atoms with Crippen molar-refractivity contribution in [2.24, 2.45) is 0 Å². The van der Waals surface area contributed by atoms with E-state index < -0.39 is 0 Å². The summed E-state index contributed by atoms with van der Waals surface area (Å²) in [6, 6.07) is 53.2. The Labute approximate surface area is 212 Å². The Bertz CT molecular complexity index is 1580. The second-order valence-corrected chi connectivity index (χ2v) is 8.79. The third-order valence-corrected chi connectivity index (χ3v) is 6.42. The van der Waals surface area contributed by atoms with Crippen molar-refractivity contribution in [1.82, 2.24) is 0 Å². The number of hydrogen-bond acceptors (Lipinski definition) is 2. The molecule has 6 aromatic rings. The Balaban J connectivity index is 1.36. The highest BCUT2D eigenvalue weighted by Crippen LogP contribution is 2.37. The first-order valence-corrected chi connectivity index (χ1v) is 12.2. The van der Waals surface area contributed by atoms with Crippen molar-refractivity contribution in [2.45, 2.75) is 0 Å². The molecule has 0 unspecified atom stereocenters. The van der Waals surface area contributed by atoms with Crippen LogP contribution in [0, 0.1) is 0 Å². The van der Waals surface area contributed by atoms with Gasteiger partial charge in [-0.3, -0.25) is 0 Å². The first-order chi connectivity index (χ1) is 17.8. The van der Waals surface area contributed by atoms with E-state index in [1.165, 1.54) is 21.9 Å². The Morgan fingerprint density at radius 2 is 1.00 bits per heavy atom. The highest BCUT2D eigenvalue weighted by molar-refractivity contribution is 5.95. The maximum atomic E-state index is 3.60. The van der Waals surface area contributed by atoms with Crippen molar-refractivity contribution in [3.63, 3.8) is 0 Å². The first kappa shape index (κ1) is 21.7. The molecule has 0 aliphatic rings. The van der Waals surface area contributed by atoms with E-state index in [9.17, 15) is 0 Å². The van der Waals surface area contributed by atoms with E-state index in [-0.39, 0.29) is 0 Å². The second-order valence-electron chi connectivity index (χ2n) is 8.79. The quantitative estimate of drug-likeness (QED) is 0.265. The average Bonchev–Trinajstić information content (AvgIpc) is 2.96. The molecule has 0 saturated carbocycles. The van der Waals surface area contributed by atoms with Gasteiger partial charge in [-0.25, -0.2) is 0 Å². The van der Waals surface area contributed by atoms with Crippen molar-refractivity contribution in [1.29, 1.82) is 0 Å². The summed E-state index contributed by atoms with van der Waals surface area (Å²) < 4.78 is 0. The summed E-state index contributed by atoms with van der Waals surface area (Å²) >= 11 is 0. The van der Waals surface area contributed by atoms with Crippen LogP contribution in [0.2, 0.25) is 0 Å². The Morgan fingerprint density at radius 3 is 1.81 bits per heavy atom. The summed E-state index contributed by atoms with van der Waals surface area (Å²) in [5.74, 6) is 0. The lowest BCUT2D eigenvalue weighted by Gasteiger charge is -2.26. The molecule has 0 fully saturated rings. The first-order valence-electron chi connectivity index (χ1n) is 12.2. The van der Waals surface area contributed by atoms with Gasteiger partial charge in [-0.1, -0.05) is 97.1 Å². The molecule has 0 radical (unpaired) electrons. The van der Waals surface area contributed by atoms with E-state index in [0.29, 0.717) is 0 Å². The van der Waals surface area contributed by atoms with Gasteiger partial charge in [-0.15, -0.1) is 0 Å². The van der Waals surface area contributed by atoms with Gasteiger partial charge < -0.3 is 10.2 Å². The molecule has 0 amide bonds. The van der Waals surface area contributed by atoms with E-state index in [1.807, 2.05) is 0 Å². The van der Waals surface area contributed by atoms with Crippen LogP contribution in [-0.2, 0) is 0 Å². The molecular formula is C34H26N2. The normalized spacial score (nSPS) is 10.8. The summed E-state index contributed by atoms with van der Waals surface area (Å²) in [6.45, 7) is 0. The third-order valence-electron chi connectivity index (χ3n) is 6.42.